The van der Waals surface area contributed by atoms with E-state index in [9.17, 15) is 4.39 Å². The molecule has 2 aromatic carbocycles. The van der Waals surface area contributed by atoms with Gasteiger partial charge in [0.2, 0.25) is 0 Å². The van der Waals surface area contributed by atoms with Crippen LogP contribution in [-0.4, -0.2) is 9.78 Å². The first-order valence-electron chi connectivity index (χ1n) is 7.09. The fourth-order valence-corrected chi connectivity index (χ4v) is 2.43. The first kappa shape index (κ1) is 13.6. The Morgan fingerprint density at radius 3 is 2.52 bits per heavy atom. The second-order valence-corrected chi connectivity index (χ2v) is 5.11. The second-order valence-electron chi connectivity index (χ2n) is 5.11. The normalized spacial score (nSPS) is 10.8. The molecule has 1 heterocycles. The molecule has 3 rings (SSSR count). The van der Waals surface area contributed by atoms with Crippen LogP contribution in [0.2, 0.25) is 0 Å². The third-order valence-corrected chi connectivity index (χ3v) is 3.53. The molecule has 0 aliphatic carbocycles. The summed E-state index contributed by atoms with van der Waals surface area (Å²) in [4.78, 5) is 0. The summed E-state index contributed by atoms with van der Waals surface area (Å²) in [7, 11) is 0. The smallest absolute Gasteiger partial charge is 0.123 e. The molecule has 3 heteroatoms. The van der Waals surface area contributed by atoms with Gasteiger partial charge < -0.3 is 0 Å². The second kappa shape index (κ2) is 5.52. The van der Waals surface area contributed by atoms with Crippen molar-refractivity contribution in [3.63, 3.8) is 0 Å². The molecule has 0 fully saturated rings. The van der Waals surface area contributed by atoms with E-state index in [1.807, 2.05) is 11.6 Å². The molecule has 0 aliphatic heterocycles. The van der Waals surface area contributed by atoms with Crippen LogP contribution in [0.15, 0.2) is 54.6 Å². The SMILES string of the molecule is CCc1cccc(-c2cc(C)nn2-c2ccc(F)cc2)c1. The number of hydrogen-bond donors (Lipinski definition) is 0. The number of hydrogen-bond acceptors (Lipinski definition) is 1. The molecule has 0 saturated carbocycles. The lowest BCUT2D eigenvalue weighted by molar-refractivity contribution is 0.627. The highest BCUT2D eigenvalue weighted by Crippen LogP contribution is 2.25. The van der Waals surface area contributed by atoms with Crippen LogP contribution in [0.4, 0.5) is 4.39 Å². The van der Waals surface area contributed by atoms with E-state index in [4.69, 9.17) is 0 Å². The fourth-order valence-electron chi connectivity index (χ4n) is 2.43. The van der Waals surface area contributed by atoms with Crippen molar-refractivity contribution < 1.29 is 4.39 Å². The van der Waals surface area contributed by atoms with E-state index in [0.29, 0.717) is 0 Å². The molecule has 0 radical (unpaired) electrons. The van der Waals surface area contributed by atoms with Crippen molar-refractivity contribution in [3.05, 3.63) is 71.7 Å². The monoisotopic (exact) mass is 280 g/mol. The summed E-state index contributed by atoms with van der Waals surface area (Å²) in [5.41, 5.74) is 5.24. The predicted molar refractivity (Wildman–Crippen MR) is 83.1 cm³/mol. The van der Waals surface area contributed by atoms with Crippen LogP contribution < -0.4 is 0 Å². The quantitative estimate of drug-likeness (QED) is 0.688. The number of nitrogens with zero attached hydrogens (tertiary/aromatic N) is 2. The van der Waals surface area contributed by atoms with E-state index in [0.717, 1.165) is 29.1 Å². The summed E-state index contributed by atoms with van der Waals surface area (Å²) in [6.45, 7) is 4.11. The maximum atomic E-state index is 13.1. The van der Waals surface area contributed by atoms with Crippen LogP contribution in [0.25, 0.3) is 16.9 Å². The molecule has 2 nitrogen and oxygen atoms in total. The van der Waals surface area contributed by atoms with Gasteiger partial charge in [-0.15, -0.1) is 0 Å². The van der Waals surface area contributed by atoms with Crippen LogP contribution >= 0.6 is 0 Å². The van der Waals surface area contributed by atoms with Gasteiger partial charge >= 0.3 is 0 Å². The standard InChI is InChI=1S/C18H17FN2/c1-3-14-5-4-6-15(12-14)18-11-13(2)20-21(18)17-9-7-16(19)8-10-17/h4-12H,3H2,1-2H3. The van der Waals surface area contributed by atoms with Gasteiger partial charge in [0.15, 0.2) is 0 Å². The highest BCUT2D eigenvalue weighted by Gasteiger charge is 2.10. The number of aromatic nitrogens is 2. The lowest BCUT2D eigenvalue weighted by atomic mass is 10.1. The molecule has 106 valence electrons. The van der Waals surface area contributed by atoms with Gasteiger partial charge in [-0.05, 0) is 55.3 Å². The van der Waals surface area contributed by atoms with Gasteiger partial charge in [-0.3, -0.25) is 0 Å². The molecule has 0 unspecified atom stereocenters. The minimum Gasteiger partial charge on any atom is -0.233 e. The van der Waals surface area contributed by atoms with Crippen molar-refractivity contribution in [1.82, 2.24) is 9.78 Å². The van der Waals surface area contributed by atoms with Crippen molar-refractivity contribution in [3.8, 4) is 16.9 Å². The molecule has 3 aromatic rings. The molecule has 1 aromatic heterocycles. The fraction of sp³-hybridized carbons (Fsp3) is 0.167. The van der Waals surface area contributed by atoms with Gasteiger partial charge in [0, 0.05) is 5.56 Å². The largest absolute Gasteiger partial charge is 0.233 e. The highest BCUT2D eigenvalue weighted by molar-refractivity contribution is 5.63. The Kier molecular flexibility index (Phi) is 3.57. The zero-order chi connectivity index (χ0) is 14.8. The molecule has 0 N–H and O–H groups in total. The van der Waals surface area contributed by atoms with Crippen LogP contribution in [0, 0.1) is 12.7 Å². The molecular formula is C18H17FN2. The molecular weight excluding hydrogens is 263 g/mol. The molecule has 0 atom stereocenters. The Morgan fingerprint density at radius 2 is 1.81 bits per heavy atom. The minimum atomic E-state index is -0.239. The van der Waals surface area contributed by atoms with Gasteiger partial charge in [0.1, 0.15) is 5.82 Å². The van der Waals surface area contributed by atoms with E-state index in [-0.39, 0.29) is 5.82 Å². The lowest BCUT2D eigenvalue weighted by Gasteiger charge is -2.08. The van der Waals surface area contributed by atoms with Gasteiger partial charge in [-0.25, -0.2) is 9.07 Å². The van der Waals surface area contributed by atoms with Crippen LogP contribution in [0.5, 0.6) is 0 Å². The molecule has 0 aliphatic rings. The zero-order valence-electron chi connectivity index (χ0n) is 12.2. The first-order chi connectivity index (χ1) is 10.2. The number of aryl methyl sites for hydroxylation is 2. The van der Waals surface area contributed by atoms with Gasteiger partial charge in [-0.2, -0.15) is 5.10 Å². The summed E-state index contributed by atoms with van der Waals surface area (Å²) in [5.74, 6) is -0.239. The van der Waals surface area contributed by atoms with Crippen molar-refractivity contribution in [2.24, 2.45) is 0 Å². The highest BCUT2D eigenvalue weighted by atomic mass is 19.1. The van der Waals surface area contributed by atoms with E-state index in [1.165, 1.54) is 17.7 Å². The average molecular weight is 280 g/mol. The third-order valence-electron chi connectivity index (χ3n) is 3.53. The van der Waals surface area contributed by atoms with Gasteiger partial charge in [-0.1, -0.05) is 25.1 Å². The summed E-state index contributed by atoms with van der Waals surface area (Å²) in [5, 5.41) is 4.54. The summed E-state index contributed by atoms with van der Waals surface area (Å²) < 4.78 is 15.0. The van der Waals surface area contributed by atoms with Crippen LogP contribution in [0.1, 0.15) is 18.2 Å². The molecule has 0 bridgehead atoms. The Bertz CT molecular complexity index is 757. The predicted octanol–water partition coefficient (Wildman–Crippen LogP) is 4.55. The molecule has 0 spiro atoms. The first-order valence-corrected chi connectivity index (χ1v) is 7.09. The Balaban J connectivity index is 2.13. The maximum Gasteiger partial charge on any atom is 0.123 e. The Labute approximate surface area is 123 Å². The topological polar surface area (TPSA) is 17.8 Å². The number of benzene rings is 2. The zero-order valence-corrected chi connectivity index (χ0v) is 12.2. The summed E-state index contributed by atoms with van der Waals surface area (Å²) in [6, 6.07) is 16.9. The van der Waals surface area contributed by atoms with E-state index >= 15 is 0 Å². The van der Waals surface area contributed by atoms with Crippen molar-refractivity contribution in [1.29, 1.82) is 0 Å². The summed E-state index contributed by atoms with van der Waals surface area (Å²) in [6.07, 6.45) is 0.998. The van der Waals surface area contributed by atoms with Crippen molar-refractivity contribution >= 4 is 0 Å². The van der Waals surface area contributed by atoms with E-state index in [2.05, 4.69) is 42.4 Å². The number of rotatable bonds is 3. The molecule has 0 amide bonds. The van der Waals surface area contributed by atoms with Crippen molar-refractivity contribution in [2.45, 2.75) is 20.3 Å². The van der Waals surface area contributed by atoms with Crippen LogP contribution in [0.3, 0.4) is 0 Å². The average Bonchev–Trinajstić information content (AvgIpc) is 2.90. The Morgan fingerprint density at radius 1 is 1.05 bits per heavy atom. The number of halogens is 1. The summed E-state index contributed by atoms with van der Waals surface area (Å²) >= 11 is 0. The lowest BCUT2D eigenvalue weighted by Crippen LogP contribution is -1.99. The van der Waals surface area contributed by atoms with Crippen molar-refractivity contribution in [2.75, 3.05) is 0 Å². The van der Waals surface area contributed by atoms with E-state index in [1.54, 1.807) is 12.1 Å². The minimum absolute atomic E-state index is 0.239. The van der Waals surface area contributed by atoms with Gasteiger partial charge in [0.25, 0.3) is 0 Å². The van der Waals surface area contributed by atoms with E-state index < -0.39 is 0 Å². The van der Waals surface area contributed by atoms with Gasteiger partial charge in [0.05, 0.1) is 17.1 Å². The molecule has 0 saturated heterocycles. The third kappa shape index (κ3) is 2.72. The maximum absolute atomic E-state index is 13.1. The molecule has 21 heavy (non-hydrogen) atoms. The Hall–Kier alpha value is -2.42. The van der Waals surface area contributed by atoms with Crippen LogP contribution in [-0.2, 0) is 6.42 Å².